The van der Waals surface area contributed by atoms with E-state index >= 15 is 0 Å². The van der Waals surface area contributed by atoms with Crippen molar-refractivity contribution in [1.82, 2.24) is 4.90 Å². The van der Waals surface area contributed by atoms with Gasteiger partial charge in [-0.3, -0.25) is 4.79 Å². The highest BCUT2D eigenvalue weighted by atomic mass is 16.4. The van der Waals surface area contributed by atoms with Crippen LogP contribution in [-0.2, 0) is 11.2 Å². The number of carbonyl (C=O) groups excluding carboxylic acids is 1. The van der Waals surface area contributed by atoms with Crippen LogP contribution in [0.4, 0.5) is 0 Å². The third kappa shape index (κ3) is 2.39. The number of carbonyl (C=O) groups is 2. The van der Waals surface area contributed by atoms with Crippen LogP contribution in [0.15, 0.2) is 28.9 Å². The van der Waals surface area contributed by atoms with Crippen molar-refractivity contribution < 1.29 is 19.1 Å². The molecule has 1 unspecified atom stereocenters. The number of hydrogen-bond donors (Lipinski definition) is 1. The topological polar surface area (TPSA) is 70.8 Å². The number of benzene rings is 1. The molecule has 1 aromatic heterocycles. The number of likely N-dealkylation sites (N-methyl/N-ethyl adjacent to an activating group) is 1. The Labute approximate surface area is 116 Å². The first-order valence-electron chi connectivity index (χ1n) is 6.45. The third-order valence-corrected chi connectivity index (χ3v) is 3.54. The second-order valence-corrected chi connectivity index (χ2v) is 4.76. The Morgan fingerprint density at radius 3 is 2.70 bits per heavy atom. The fourth-order valence-corrected chi connectivity index (χ4v) is 1.99. The first kappa shape index (κ1) is 14.1. The van der Waals surface area contributed by atoms with E-state index in [9.17, 15) is 9.59 Å². The average molecular weight is 275 g/mol. The lowest BCUT2D eigenvalue weighted by atomic mass is 10.1. The van der Waals surface area contributed by atoms with Crippen molar-refractivity contribution in [3.8, 4) is 0 Å². The van der Waals surface area contributed by atoms with E-state index in [2.05, 4.69) is 0 Å². The van der Waals surface area contributed by atoms with Gasteiger partial charge in [-0.1, -0.05) is 13.0 Å². The standard InChI is InChI=1S/C15H17NO4/c1-4-10-5-6-13-11(7-10)12(8-20-13)14(17)16(3)9(2)15(18)19/h5-9H,4H2,1-3H3,(H,18,19). The van der Waals surface area contributed by atoms with Crippen LogP contribution in [0.2, 0.25) is 0 Å². The van der Waals surface area contributed by atoms with Crippen molar-refractivity contribution in [2.24, 2.45) is 0 Å². The minimum Gasteiger partial charge on any atom is -0.480 e. The number of hydrogen-bond acceptors (Lipinski definition) is 3. The summed E-state index contributed by atoms with van der Waals surface area (Å²) in [6.45, 7) is 3.50. The second kappa shape index (κ2) is 5.36. The Balaban J connectivity index is 2.42. The quantitative estimate of drug-likeness (QED) is 0.930. The van der Waals surface area contributed by atoms with Crippen LogP contribution in [0, 0.1) is 0 Å². The van der Waals surface area contributed by atoms with E-state index in [0.717, 1.165) is 17.4 Å². The summed E-state index contributed by atoms with van der Waals surface area (Å²) in [5.74, 6) is -1.39. The van der Waals surface area contributed by atoms with Gasteiger partial charge in [-0.25, -0.2) is 4.79 Å². The van der Waals surface area contributed by atoms with Crippen molar-refractivity contribution in [3.05, 3.63) is 35.6 Å². The Morgan fingerprint density at radius 1 is 1.40 bits per heavy atom. The van der Waals surface area contributed by atoms with Gasteiger partial charge in [0.15, 0.2) is 0 Å². The molecule has 0 aliphatic heterocycles. The molecule has 1 atom stereocenters. The summed E-state index contributed by atoms with van der Waals surface area (Å²) in [6.07, 6.45) is 2.24. The molecule has 0 saturated carbocycles. The number of aliphatic carboxylic acids is 1. The predicted octanol–water partition coefficient (Wildman–Crippen LogP) is 2.54. The van der Waals surface area contributed by atoms with Crippen LogP contribution >= 0.6 is 0 Å². The van der Waals surface area contributed by atoms with Gasteiger partial charge in [-0.05, 0) is 31.0 Å². The van der Waals surface area contributed by atoms with Crippen LogP contribution in [-0.4, -0.2) is 35.0 Å². The van der Waals surface area contributed by atoms with Gasteiger partial charge in [0.2, 0.25) is 0 Å². The molecule has 0 spiro atoms. The van der Waals surface area contributed by atoms with E-state index in [1.165, 1.54) is 25.1 Å². The molecule has 1 amide bonds. The highest BCUT2D eigenvalue weighted by Gasteiger charge is 2.25. The van der Waals surface area contributed by atoms with Crippen molar-refractivity contribution in [3.63, 3.8) is 0 Å². The largest absolute Gasteiger partial charge is 0.480 e. The van der Waals surface area contributed by atoms with Crippen LogP contribution in [0.3, 0.4) is 0 Å². The van der Waals surface area contributed by atoms with Gasteiger partial charge in [-0.2, -0.15) is 0 Å². The maximum Gasteiger partial charge on any atom is 0.326 e. The molecule has 2 aromatic rings. The van der Waals surface area contributed by atoms with Gasteiger partial charge in [0, 0.05) is 12.4 Å². The molecular weight excluding hydrogens is 258 g/mol. The summed E-state index contributed by atoms with van der Waals surface area (Å²) in [7, 11) is 1.48. The van der Waals surface area contributed by atoms with E-state index < -0.39 is 12.0 Å². The summed E-state index contributed by atoms with van der Waals surface area (Å²) in [5, 5.41) is 9.70. The summed E-state index contributed by atoms with van der Waals surface area (Å²) in [4.78, 5) is 24.5. The first-order chi connectivity index (χ1) is 9.45. The summed E-state index contributed by atoms with van der Waals surface area (Å²) in [6, 6.07) is 4.79. The second-order valence-electron chi connectivity index (χ2n) is 4.76. The summed E-state index contributed by atoms with van der Waals surface area (Å²) in [5.41, 5.74) is 2.12. The molecule has 2 rings (SSSR count). The lowest BCUT2D eigenvalue weighted by Crippen LogP contribution is -2.40. The molecule has 0 bridgehead atoms. The molecular formula is C15H17NO4. The smallest absolute Gasteiger partial charge is 0.326 e. The predicted molar refractivity (Wildman–Crippen MR) is 74.8 cm³/mol. The van der Waals surface area contributed by atoms with E-state index in [4.69, 9.17) is 9.52 Å². The fraction of sp³-hybridized carbons (Fsp3) is 0.333. The molecule has 1 N–H and O–H groups in total. The van der Waals surface area contributed by atoms with Crippen molar-refractivity contribution in [2.75, 3.05) is 7.05 Å². The minimum atomic E-state index is -1.04. The number of rotatable bonds is 4. The molecule has 5 heteroatoms. The average Bonchev–Trinajstić information content (AvgIpc) is 2.87. The maximum absolute atomic E-state index is 12.4. The van der Waals surface area contributed by atoms with E-state index in [1.807, 2.05) is 25.1 Å². The van der Waals surface area contributed by atoms with Crippen LogP contribution in [0.25, 0.3) is 11.0 Å². The van der Waals surface area contributed by atoms with E-state index in [0.29, 0.717) is 11.1 Å². The lowest BCUT2D eigenvalue weighted by molar-refractivity contribution is -0.141. The summed E-state index contributed by atoms with van der Waals surface area (Å²) < 4.78 is 5.37. The first-order valence-corrected chi connectivity index (χ1v) is 6.45. The van der Waals surface area contributed by atoms with Crippen molar-refractivity contribution in [2.45, 2.75) is 26.3 Å². The SMILES string of the molecule is CCc1ccc2occ(C(=O)N(C)C(C)C(=O)O)c2c1. The molecule has 0 fully saturated rings. The van der Waals surface area contributed by atoms with Crippen LogP contribution < -0.4 is 0 Å². The van der Waals surface area contributed by atoms with E-state index in [-0.39, 0.29) is 5.91 Å². The third-order valence-electron chi connectivity index (χ3n) is 3.54. The zero-order valence-electron chi connectivity index (χ0n) is 11.7. The van der Waals surface area contributed by atoms with Gasteiger partial charge in [0.25, 0.3) is 5.91 Å². The van der Waals surface area contributed by atoms with Gasteiger partial charge >= 0.3 is 5.97 Å². The lowest BCUT2D eigenvalue weighted by Gasteiger charge is -2.20. The number of aryl methyl sites for hydroxylation is 1. The maximum atomic E-state index is 12.4. The summed E-state index contributed by atoms with van der Waals surface area (Å²) >= 11 is 0. The Kier molecular flexibility index (Phi) is 3.79. The number of carboxylic acid groups (broad SMARTS) is 1. The monoisotopic (exact) mass is 275 g/mol. The Morgan fingerprint density at radius 2 is 2.10 bits per heavy atom. The molecule has 0 aliphatic rings. The minimum absolute atomic E-state index is 0.355. The molecule has 1 heterocycles. The number of nitrogens with zero attached hydrogens (tertiary/aromatic N) is 1. The Hall–Kier alpha value is -2.30. The van der Waals surface area contributed by atoms with E-state index in [1.54, 1.807) is 0 Å². The Bertz CT molecular complexity index is 659. The highest BCUT2D eigenvalue weighted by molar-refractivity contribution is 6.06. The zero-order chi connectivity index (χ0) is 14.9. The van der Waals surface area contributed by atoms with Crippen molar-refractivity contribution >= 4 is 22.8 Å². The molecule has 20 heavy (non-hydrogen) atoms. The fourth-order valence-electron chi connectivity index (χ4n) is 1.99. The zero-order valence-corrected chi connectivity index (χ0v) is 11.7. The highest BCUT2D eigenvalue weighted by Crippen LogP contribution is 2.24. The molecule has 1 aromatic carbocycles. The van der Waals surface area contributed by atoms with Gasteiger partial charge in [0.05, 0.1) is 5.56 Å². The van der Waals surface area contributed by atoms with Crippen LogP contribution in [0.1, 0.15) is 29.8 Å². The number of carboxylic acids is 1. The molecule has 0 aliphatic carbocycles. The van der Waals surface area contributed by atoms with Crippen LogP contribution in [0.5, 0.6) is 0 Å². The molecule has 5 nitrogen and oxygen atoms in total. The number of fused-ring (bicyclic) bond motifs is 1. The van der Waals surface area contributed by atoms with Gasteiger partial charge in [-0.15, -0.1) is 0 Å². The molecule has 106 valence electrons. The number of furan rings is 1. The van der Waals surface area contributed by atoms with Gasteiger partial charge in [0.1, 0.15) is 17.9 Å². The van der Waals surface area contributed by atoms with Crippen molar-refractivity contribution in [1.29, 1.82) is 0 Å². The molecule has 0 radical (unpaired) electrons. The normalized spacial score (nSPS) is 12.3. The number of amides is 1. The molecule has 0 saturated heterocycles. The van der Waals surface area contributed by atoms with Gasteiger partial charge < -0.3 is 14.4 Å².